The van der Waals surface area contributed by atoms with E-state index in [9.17, 15) is 4.79 Å². The molecule has 0 saturated carbocycles. The molecule has 0 aromatic carbocycles. The molecule has 0 aliphatic heterocycles. The zero-order valence-electron chi connectivity index (χ0n) is 12.0. The van der Waals surface area contributed by atoms with E-state index in [0.29, 0.717) is 0 Å². The zero-order valence-corrected chi connectivity index (χ0v) is 12.8. The van der Waals surface area contributed by atoms with Crippen LogP contribution < -0.4 is 5.73 Å². The summed E-state index contributed by atoms with van der Waals surface area (Å²) in [6.45, 7) is 9.30. The largest absolute Gasteiger partial charge is 0.341 e. The SMILES string of the molecule is C=CCCCN(CCCSC)C(=O)C(N)C(C)C. The molecule has 0 aliphatic carbocycles. The Balaban J connectivity index is 4.32. The van der Waals surface area contributed by atoms with Gasteiger partial charge >= 0.3 is 0 Å². The van der Waals surface area contributed by atoms with Crippen LogP contribution in [0.2, 0.25) is 0 Å². The van der Waals surface area contributed by atoms with Crippen LogP contribution in [0.15, 0.2) is 12.7 Å². The van der Waals surface area contributed by atoms with E-state index in [1.807, 2.05) is 36.6 Å². The van der Waals surface area contributed by atoms with E-state index in [2.05, 4.69) is 12.8 Å². The number of amides is 1. The minimum Gasteiger partial charge on any atom is -0.341 e. The maximum Gasteiger partial charge on any atom is 0.239 e. The number of nitrogens with zero attached hydrogens (tertiary/aromatic N) is 1. The Labute approximate surface area is 116 Å². The molecule has 0 radical (unpaired) electrons. The standard InChI is InChI=1S/C14H28N2OS/c1-5-6-7-9-16(10-8-11-18-4)14(17)13(15)12(2)3/h5,12-13H,1,6-11,15H2,2-4H3. The Morgan fingerprint density at radius 3 is 2.50 bits per heavy atom. The van der Waals surface area contributed by atoms with Crippen LogP contribution in [0.1, 0.15) is 33.1 Å². The third kappa shape index (κ3) is 7.07. The third-order valence-electron chi connectivity index (χ3n) is 2.93. The molecule has 0 saturated heterocycles. The van der Waals surface area contributed by atoms with Gasteiger partial charge in [-0.3, -0.25) is 4.79 Å². The van der Waals surface area contributed by atoms with Gasteiger partial charge in [0.25, 0.3) is 0 Å². The molecule has 0 aromatic heterocycles. The quantitative estimate of drug-likeness (QED) is 0.491. The first-order valence-corrected chi connectivity index (χ1v) is 8.08. The Morgan fingerprint density at radius 2 is 2.00 bits per heavy atom. The molecule has 4 heteroatoms. The van der Waals surface area contributed by atoms with Crippen LogP contribution in [0.4, 0.5) is 0 Å². The Hall–Kier alpha value is -0.480. The average Bonchev–Trinajstić information content (AvgIpc) is 2.35. The molecule has 1 atom stereocenters. The highest BCUT2D eigenvalue weighted by atomic mass is 32.2. The Kier molecular flexibility index (Phi) is 10.2. The van der Waals surface area contributed by atoms with Crippen LogP contribution in [0.3, 0.4) is 0 Å². The predicted molar refractivity (Wildman–Crippen MR) is 81.8 cm³/mol. The van der Waals surface area contributed by atoms with Gasteiger partial charge in [-0.1, -0.05) is 19.9 Å². The van der Waals surface area contributed by atoms with Gasteiger partial charge in [0.1, 0.15) is 0 Å². The van der Waals surface area contributed by atoms with Gasteiger partial charge in [0.05, 0.1) is 6.04 Å². The molecule has 0 bridgehead atoms. The van der Waals surface area contributed by atoms with Gasteiger partial charge in [-0.15, -0.1) is 6.58 Å². The second kappa shape index (κ2) is 10.4. The average molecular weight is 272 g/mol. The van der Waals surface area contributed by atoms with E-state index in [1.54, 1.807) is 0 Å². The number of hydrogen-bond donors (Lipinski definition) is 1. The van der Waals surface area contributed by atoms with E-state index in [4.69, 9.17) is 5.73 Å². The van der Waals surface area contributed by atoms with E-state index >= 15 is 0 Å². The lowest BCUT2D eigenvalue weighted by molar-refractivity contribution is -0.133. The van der Waals surface area contributed by atoms with Crippen molar-refractivity contribution >= 4 is 17.7 Å². The Bertz CT molecular complexity index is 244. The molecular weight excluding hydrogens is 244 g/mol. The fraction of sp³-hybridized carbons (Fsp3) is 0.786. The van der Waals surface area contributed by atoms with Gasteiger partial charge in [-0.25, -0.2) is 0 Å². The number of allylic oxidation sites excluding steroid dienone is 1. The number of nitrogens with two attached hydrogens (primary N) is 1. The van der Waals surface area contributed by atoms with E-state index in [0.717, 1.165) is 38.1 Å². The maximum absolute atomic E-state index is 12.2. The number of rotatable bonds is 10. The summed E-state index contributed by atoms with van der Waals surface area (Å²) in [4.78, 5) is 14.2. The van der Waals surface area contributed by atoms with Gasteiger partial charge in [-0.2, -0.15) is 11.8 Å². The van der Waals surface area contributed by atoms with Crippen LogP contribution in [0.25, 0.3) is 0 Å². The highest BCUT2D eigenvalue weighted by molar-refractivity contribution is 7.98. The smallest absolute Gasteiger partial charge is 0.239 e. The highest BCUT2D eigenvalue weighted by Gasteiger charge is 2.22. The first-order valence-electron chi connectivity index (χ1n) is 6.68. The van der Waals surface area contributed by atoms with Gasteiger partial charge in [0, 0.05) is 13.1 Å². The second-order valence-electron chi connectivity index (χ2n) is 4.87. The minimum absolute atomic E-state index is 0.0927. The number of carbonyl (C=O) groups is 1. The van der Waals surface area contributed by atoms with Crippen LogP contribution in [0, 0.1) is 5.92 Å². The van der Waals surface area contributed by atoms with Crippen molar-refractivity contribution in [3.05, 3.63) is 12.7 Å². The minimum atomic E-state index is -0.372. The number of thioether (sulfide) groups is 1. The van der Waals surface area contributed by atoms with E-state index < -0.39 is 0 Å². The summed E-state index contributed by atoms with van der Waals surface area (Å²) in [6.07, 6.45) is 6.94. The van der Waals surface area contributed by atoms with Crippen LogP contribution >= 0.6 is 11.8 Å². The third-order valence-corrected chi connectivity index (χ3v) is 3.62. The second-order valence-corrected chi connectivity index (χ2v) is 5.86. The lowest BCUT2D eigenvalue weighted by atomic mass is 10.0. The maximum atomic E-state index is 12.2. The molecule has 0 aromatic rings. The van der Waals surface area contributed by atoms with Crippen molar-refractivity contribution in [2.75, 3.05) is 25.1 Å². The van der Waals surface area contributed by atoms with Crippen LogP contribution in [-0.4, -0.2) is 41.9 Å². The van der Waals surface area contributed by atoms with Crippen LogP contribution in [0.5, 0.6) is 0 Å². The highest BCUT2D eigenvalue weighted by Crippen LogP contribution is 2.07. The van der Waals surface area contributed by atoms with Gasteiger partial charge in [0.2, 0.25) is 5.91 Å². The number of carbonyl (C=O) groups excluding carboxylic acids is 1. The van der Waals surface area contributed by atoms with Gasteiger partial charge in [-0.05, 0) is 37.2 Å². The molecule has 1 amide bonds. The summed E-state index contributed by atoms with van der Waals surface area (Å²) in [5.74, 6) is 1.37. The molecule has 106 valence electrons. The van der Waals surface area contributed by atoms with Crippen LogP contribution in [-0.2, 0) is 4.79 Å². The molecule has 18 heavy (non-hydrogen) atoms. The normalized spacial score (nSPS) is 12.5. The van der Waals surface area contributed by atoms with Gasteiger partial charge in [0.15, 0.2) is 0 Å². The summed E-state index contributed by atoms with van der Waals surface area (Å²) in [7, 11) is 0. The molecule has 0 heterocycles. The van der Waals surface area contributed by atoms with Crippen molar-refractivity contribution in [3.63, 3.8) is 0 Å². The molecule has 3 nitrogen and oxygen atoms in total. The summed E-state index contributed by atoms with van der Waals surface area (Å²) in [5.41, 5.74) is 5.95. The van der Waals surface area contributed by atoms with Crippen molar-refractivity contribution in [2.24, 2.45) is 11.7 Å². The van der Waals surface area contributed by atoms with Gasteiger partial charge < -0.3 is 10.6 Å². The lowest BCUT2D eigenvalue weighted by Gasteiger charge is -2.27. The molecule has 2 N–H and O–H groups in total. The molecule has 0 aliphatic rings. The first-order chi connectivity index (χ1) is 8.54. The fourth-order valence-electron chi connectivity index (χ4n) is 1.65. The molecule has 0 spiro atoms. The summed E-state index contributed by atoms with van der Waals surface area (Å²) >= 11 is 1.81. The summed E-state index contributed by atoms with van der Waals surface area (Å²) in [6, 6.07) is -0.372. The summed E-state index contributed by atoms with van der Waals surface area (Å²) < 4.78 is 0. The molecule has 0 fully saturated rings. The molecular formula is C14H28N2OS. The number of unbranched alkanes of at least 4 members (excludes halogenated alkanes) is 1. The lowest BCUT2D eigenvalue weighted by Crippen LogP contribution is -2.47. The zero-order chi connectivity index (χ0) is 14.0. The van der Waals surface area contributed by atoms with Crippen molar-refractivity contribution in [1.29, 1.82) is 0 Å². The summed E-state index contributed by atoms with van der Waals surface area (Å²) in [5, 5.41) is 0. The Morgan fingerprint density at radius 1 is 1.39 bits per heavy atom. The van der Waals surface area contributed by atoms with E-state index in [-0.39, 0.29) is 17.9 Å². The van der Waals surface area contributed by atoms with Crippen molar-refractivity contribution in [2.45, 2.75) is 39.2 Å². The van der Waals surface area contributed by atoms with Crippen molar-refractivity contribution in [3.8, 4) is 0 Å². The molecule has 0 rings (SSSR count). The topological polar surface area (TPSA) is 46.3 Å². The van der Waals surface area contributed by atoms with E-state index in [1.165, 1.54) is 0 Å². The van der Waals surface area contributed by atoms with Crippen molar-refractivity contribution < 1.29 is 4.79 Å². The predicted octanol–water partition coefficient (Wildman–Crippen LogP) is 2.52. The number of hydrogen-bond acceptors (Lipinski definition) is 3. The first kappa shape index (κ1) is 17.5. The molecule has 1 unspecified atom stereocenters. The fourth-order valence-corrected chi connectivity index (χ4v) is 2.07. The monoisotopic (exact) mass is 272 g/mol. The van der Waals surface area contributed by atoms with Crippen molar-refractivity contribution in [1.82, 2.24) is 4.90 Å².